The normalized spacial score (nSPS) is 10.1. The zero-order valence-corrected chi connectivity index (χ0v) is 12.3. The smallest absolute Gasteiger partial charge is 0.550 e. The number of carbonyl (C=O) groups is 1. The zero-order valence-electron chi connectivity index (χ0n) is 10.3. The summed E-state index contributed by atoms with van der Waals surface area (Å²) >= 11 is 0. The molecule has 0 spiro atoms. The molecule has 0 aromatic rings. The van der Waals surface area contributed by atoms with Crippen molar-refractivity contribution in [1.82, 2.24) is 5.32 Å². The average molecular weight is 223 g/mol. The zero-order chi connectivity index (χ0) is 10.8. The van der Waals surface area contributed by atoms with E-state index >= 15 is 0 Å². The van der Waals surface area contributed by atoms with Crippen LogP contribution in [0.3, 0.4) is 0 Å². The second-order valence-electron chi connectivity index (χ2n) is 4.12. The molecule has 0 unspecified atom stereocenters. The monoisotopic (exact) mass is 223 g/mol. The largest absolute Gasteiger partial charge is 1.00 e. The number of carboxylic acids is 1. The fourth-order valence-corrected chi connectivity index (χ4v) is 1.29. The van der Waals surface area contributed by atoms with Crippen LogP contribution in [0.15, 0.2) is 0 Å². The van der Waals surface area contributed by atoms with Crippen molar-refractivity contribution in [3.8, 4) is 0 Å². The Balaban J connectivity index is 0. The van der Waals surface area contributed by atoms with Gasteiger partial charge in [-0.1, -0.05) is 33.1 Å². The fraction of sp³-hybridized carbons (Fsp3) is 0.909. The Hall–Kier alpha value is 0.430. The van der Waals surface area contributed by atoms with Gasteiger partial charge in [0, 0.05) is 12.5 Å². The predicted molar refractivity (Wildman–Crippen MR) is 55.8 cm³/mol. The van der Waals surface area contributed by atoms with Gasteiger partial charge in [-0.15, -0.1) is 0 Å². The Labute approximate surface area is 115 Å². The van der Waals surface area contributed by atoms with Gasteiger partial charge in [0.15, 0.2) is 0 Å². The minimum Gasteiger partial charge on any atom is -0.550 e. The van der Waals surface area contributed by atoms with Crippen LogP contribution in [0.1, 0.15) is 46.0 Å². The first-order chi connectivity index (χ1) is 6.63. The summed E-state index contributed by atoms with van der Waals surface area (Å²) in [4.78, 5) is 10.1. The van der Waals surface area contributed by atoms with Crippen molar-refractivity contribution in [3.63, 3.8) is 0 Å². The van der Waals surface area contributed by atoms with E-state index in [0.29, 0.717) is 6.54 Å². The Morgan fingerprint density at radius 2 is 1.87 bits per heavy atom. The van der Waals surface area contributed by atoms with Gasteiger partial charge in [0.05, 0.1) is 0 Å². The maximum absolute atomic E-state index is 10.1. The quantitative estimate of drug-likeness (QED) is 0.361. The van der Waals surface area contributed by atoms with E-state index in [1.165, 1.54) is 19.3 Å². The maximum atomic E-state index is 10.1. The van der Waals surface area contributed by atoms with Crippen molar-refractivity contribution in [2.24, 2.45) is 5.92 Å². The van der Waals surface area contributed by atoms with E-state index < -0.39 is 5.97 Å². The van der Waals surface area contributed by atoms with Crippen molar-refractivity contribution in [2.45, 2.75) is 46.0 Å². The van der Waals surface area contributed by atoms with E-state index in [1.54, 1.807) is 0 Å². The molecular formula is C11H22NNaO2. The molecule has 0 aromatic carbocycles. The standard InChI is InChI=1S/C11H23NO2.Na/c1-10(2)6-4-3-5-8-12-9-7-11(13)14;/h10,12H,3-9H2,1-2H3,(H,13,14);/q;+1/p-1. The van der Waals surface area contributed by atoms with Gasteiger partial charge in [-0.25, -0.2) is 0 Å². The number of unbranched alkanes of at least 4 members (excludes halogenated alkanes) is 2. The Morgan fingerprint density at radius 1 is 1.20 bits per heavy atom. The summed E-state index contributed by atoms with van der Waals surface area (Å²) in [5.74, 6) is -0.182. The first kappa shape index (κ1) is 17.8. The molecular weight excluding hydrogens is 201 g/mol. The molecule has 15 heavy (non-hydrogen) atoms. The molecule has 0 aromatic heterocycles. The Kier molecular flexibility index (Phi) is 14.8. The molecule has 3 nitrogen and oxygen atoms in total. The molecule has 0 saturated heterocycles. The minimum atomic E-state index is -0.975. The van der Waals surface area contributed by atoms with E-state index in [0.717, 1.165) is 18.9 Å². The molecule has 4 heteroatoms. The molecule has 0 fully saturated rings. The van der Waals surface area contributed by atoms with Crippen molar-refractivity contribution < 1.29 is 39.5 Å². The van der Waals surface area contributed by atoms with Crippen LogP contribution in [-0.4, -0.2) is 19.1 Å². The van der Waals surface area contributed by atoms with E-state index in [9.17, 15) is 9.90 Å². The molecule has 0 rings (SSSR count). The molecule has 0 aliphatic heterocycles. The van der Waals surface area contributed by atoms with Crippen LogP contribution < -0.4 is 40.0 Å². The summed E-state index contributed by atoms with van der Waals surface area (Å²) in [6.45, 7) is 5.92. The van der Waals surface area contributed by atoms with Gasteiger partial charge in [0.2, 0.25) is 0 Å². The topological polar surface area (TPSA) is 52.2 Å². The van der Waals surface area contributed by atoms with Gasteiger partial charge in [-0.2, -0.15) is 0 Å². The Morgan fingerprint density at radius 3 is 2.40 bits per heavy atom. The second kappa shape index (κ2) is 12.5. The molecule has 0 atom stereocenters. The van der Waals surface area contributed by atoms with E-state index in [-0.39, 0.29) is 36.0 Å². The van der Waals surface area contributed by atoms with Crippen LogP contribution >= 0.6 is 0 Å². The number of rotatable bonds is 9. The molecule has 0 bridgehead atoms. The minimum absolute atomic E-state index is 0. The third-order valence-corrected chi connectivity index (χ3v) is 2.14. The van der Waals surface area contributed by atoms with Crippen LogP contribution in [0.25, 0.3) is 0 Å². The van der Waals surface area contributed by atoms with Gasteiger partial charge in [0.1, 0.15) is 0 Å². The van der Waals surface area contributed by atoms with Gasteiger partial charge < -0.3 is 15.2 Å². The number of carboxylic acid groups (broad SMARTS) is 1. The molecule has 84 valence electrons. The van der Waals surface area contributed by atoms with Crippen LogP contribution in [0.2, 0.25) is 0 Å². The SMILES string of the molecule is CC(C)CCCCCNCCC(=O)[O-].[Na+]. The molecule has 0 aliphatic carbocycles. The van der Waals surface area contributed by atoms with Crippen molar-refractivity contribution >= 4 is 5.97 Å². The molecule has 0 radical (unpaired) electrons. The number of hydrogen-bond acceptors (Lipinski definition) is 3. The summed E-state index contributed by atoms with van der Waals surface area (Å²) in [5.41, 5.74) is 0. The summed E-state index contributed by atoms with van der Waals surface area (Å²) in [6.07, 6.45) is 5.06. The molecule has 0 saturated carbocycles. The average Bonchev–Trinajstić information content (AvgIpc) is 2.08. The van der Waals surface area contributed by atoms with Gasteiger partial charge in [-0.05, 0) is 25.3 Å². The Bertz CT molecular complexity index is 152. The fourth-order valence-electron chi connectivity index (χ4n) is 1.29. The van der Waals surface area contributed by atoms with E-state index in [4.69, 9.17) is 0 Å². The van der Waals surface area contributed by atoms with Crippen molar-refractivity contribution in [2.75, 3.05) is 13.1 Å². The third-order valence-electron chi connectivity index (χ3n) is 2.14. The summed E-state index contributed by atoms with van der Waals surface area (Å²) in [7, 11) is 0. The van der Waals surface area contributed by atoms with E-state index in [2.05, 4.69) is 19.2 Å². The third kappa shape index (κ3) is 17.1. The van der Waals surface area contributed by atoms with Crippen LogP contribution in [0.4, 0.5) is 0 Å². The van der Waals surface area contributed by atoms with Crippen LogP contribution in [0, 0.1) is 5.92 Å². The van der Waals surface area contributed by atoms with Gasteiger partial charge in [0.25, 0.3) is 0 Å². The van der Waals surface area contributed by atoms with Gasteiger partial charge >= 0.3 is 29.6 Å². The van der Waals surface area contributed by atoms with Crippen molar-refractivity contribution in [1.29, 1.82) is 0 Å². The molecule has 1 N–H and O–H groups in total. The van der Waals surface area contributed by atoms with E-state index in [1.807, 2.05) is 0 Å². The number of nitrogens with one attached hydrogen (secondary N) is 1. The van der Waals surface area contributed by atoms with Crippen LogP contribution in [0.5, 0.6) is 0 Å². The second-order valence-corrected chi connectivity index (χ2v) is 4.12. The summed E-state index contributed by atoms with van der Waals surface area (Å²) in [6, 6.07) is 0. The molecule has 0 aliphatic rings. The summed E-state index contributed by atoms with van der Waals surface area (Å²) in [5, 5.41) is 13.1. The predicted octanol–water partition coefficient (Wildman–Crippen LogP) is -2.06. The first-order valence-electron chi connectivity index (χ1n) is 5.53. The number of carbonyl (C=O) groups excluding carboxylic acids is 1. The van der Waals surface area contributed by atoms with Crippen LogP contribution in [-0.2, 0) is 4.79 Å². The molecule has 0 amide bonds. The maximum Gasteiger partial charge on any atom is 1.00 e. The van der Waals surface area contributed by atoms with Crippen molar-refractivity contribution in [3.05, 3.63) is 0 Å². The number of hydrogen-bond donors (Lipinski definition) is 1. The first-order valence-corrected chi connectivity index (χ1v) is 5.53. The molecule has 0 heterocycles. The summed E-state index contributed by atoms with van der Waals surface area (Å²) < 4.78 is 0. The number of aliphatic carboxylic acids is 1. The van der Waals surface area contributed by atoms with Gasteiger partial charge in [-0.3, -0.25) is 0 Å².